The number of amides is 3. The third kappa shape index (κ3) is 4.12. The van der Waals surface area contributed by atoms with Gasteiger partial charge in [-0.15, -0.1) is 0 Å². The summed E-state index contributed by atoms with van der Waals surface area (Å²) in [7, 11) is 1.32. The Hall–Kier alpha value is -2.57. The first-order chi connectivity index (χ1) is 8.52. The molecule has 0 aliphatic rings. The zero-order valence-corrected chi connectivity index (χ0v) is 9.69. The van der Waals surface area contributed by atoms with Gasteiger partial charge in [-0.2, -0.15) is 0 Å². The number of aromatic hydroxyl groups is 1. The highest BCUT2D eigenvalue weighted by Gasteiger charge is 2.12. The van der Waals surface area contributed by atoms with E-state index in [4.69, 9.17) is 5.11 Å². The van der Waals surface area contributed by atoms with Crippen molar-refractivity contribution in [2.45, 2.75) is 0 Å². The van der Waals surface area contributed by atoms with E-state index in [2.05, 4.69) is 16.0 Å². The molecule has 7 heteroatoms. The number of phenolic OH excluding ortho intramolecular Hbond substituents is 1. The summed E-state index contributed by atoms with van der Waals surface area (Å²) >= 11 is 0. The van der Waals surface area contributed by atoms with E-state index in [1.54, 1.807) is 0 Å². The average molecular weight is 251 g/mol. The van der Waals surface area contributed by atoms with Gasteiger partial charge in [0.05, 0.1) is 6.54 Å². The fourth-order valence-corrected chi connectivity index (χ4v) is 1.10. The first-order valence-corrected chi connectivity index (χ1v) is 5.11. The highest BCUT2D eigenvalue weighted by molar-refractivity contribution is 6.35. The van der Waals surface area contributed by atoms with Crippen molar-refractivity contribution in [3.8, 4) is 5.75 Å². The Morgan fingerprint density at radius 2 is 1.72 bits per heavy atom. The van der Waals surface area contributed by atoms with Crippen LogP contribution in [0.3, 0.4) is 0 Å². The van der Waals surface area contributed by atoms with Crippen LogP contribution in [0.4, 0.5) is 5.69 Å². The van der Waals surface area contributed by atoms with Gasteiger partial charge in [0, 0.05) is 12.7 Å². The summed E-state index contributed by atoms with van der Waals surface area (Å²) in [6.45, 7) is -0.312. The predicted molar refractivity (Wildman–Crippen MR) is 63.8 cm³/mol. The largest absolute Gasteiger partial charge is 0.508 e. The number of phenols is 1. The second kappa shape index (κ2) is 6.24. The lowest BCUT2D eigenvalue weighted by Gasteiger charge is -2.06. The molecule has 0 aliphatic carbocycles. The molecule has 0 unspecified atom stereocenters. The summed E-state index contributed by atoms with van der Waals surface area (Å²) in [5, 5.41) is 15.8. The molecular formula is C11H13N3O4. The number of rotatable bonds is 3. The molecule has 0 saturated carbocycles. The first kappa shape index (κ1) is 13.5. The molecule has 0 atom stereocenters. The SMILES string of the molecule is CNC(=O)C(=O)NCC(=O)Nc1ccc(O)cc1. The minimum atomic E-state index is -0.877. The molecule has 0 bridgehead atoms. The van der Waals surface area contributed by atoms with Crippen LogP contribution in [0.15, 0.2) is 24.3 Å². The van der Waals surface area contributed by atoms with Crippen LogP contribution in [0, 0.1) is 0 Å². The van der Waals surface area contributed by atoms with Gasteiger partial charge in [-0.25, -0.2) is 0 Å². The smallest absolute Gasteiger partial charge is 0.309 e. The zero-order chi connectivity index (χ0) is 13.5. The Balaban J connectivity index is 2.40. The van der Waals surface area contributed by atoms with Crippen molar-refractivity contribution in [3.63, 3.8) is 0 Å². The minimum absolute atomic E-state index is 0.0842. The molecule has 0 aliphatic heterocycles. The maximum Gasteiger partial charge on any atom is 0.309 e. The molecule has 7 nitrogen and oxygen atoms in total. The second-order valence-corrected chi connectivity index (χ2v) is 3.36. The Morgan fingerprint density at radius 3 is 2.28 bits per heavy atom. The number of carbonyl (C=O) groups is 3. The Bertz CT molecular complexity index is 456. The Labute approximate surface area is 103 Å². The van der Waals surface area contributed by atoms with Gasteiger partial charge >= 0.3 is 11.8 Å². The molecule has 18 heavy (non-hydrogen) atoms. The van der Waals surface area contributed by atoms with Crippen molar-refractivity contribution >= 4 is 23.4 Å². The Morgan fingerprint density at radius 1 is 1.11 bits per heavy atom. The lowest BCUT2D eigenvalue weighted by Crippen LogP contribution is -2.41. The molecule has 96 valence electrons. The highest BCUT2D eigenvalue weighted by atomic mass is 16.3. The average Bonchev–Trinajstić information content (AvgIpc) is 2.37. The monoisotopic (exact) mass is 251 g/mol. The van der Waals surface area contributed by atoms with Crippen molar-refractivity contribution in [1.82, 2.24) is 10.6 Å². The second-order valence-electron chi connectivity index (χ2n) is 3.36. The number of hydrogen-bond acceptors (Lipinski definition) is 4. The molecule has 1 aromatic carbocycles. The molecule has 0 saturated heterocycles. The van der Waals surface area contributed by atoms with Crippen LogP contribution in [0.2, 0.25) is 0 Å². The zero-order valence-electron chi connectivity index (χ0n) is 9.69. The molecule has 0 heterocycles. The molecule has 3 amide bonds. The third-order valence-electron chi connectivity index (χ3n) is 1.99. The number of likely N-dealkylation sites (N-methyl/N-ethyl adjacent to an activating group) is 1. The van der Waals surface area contributed by atoms with E-state index in [1.807, 2.05) is 0 Å². The van der Waals surface area contributed by atoms with Crippen LogP contribution < -0.4 is 16.0 Å². The molecule has 1 aromatic rings. The topological polar surface area (TPSA) is 108 Å². The summed E-state index contributed by atoms with van der Waals surface area (Å²) < 4.78 is 0. The third-order valence-corrected chi connectivity index (χ3v) is 1.99. The summed E-state index contributed by atoms with van der Waals surface area (Å²) in [4.78, 5) is 33.3. The van der Waals surface area contributed by atoms with Gasteiger partial charge in [-0.3, -0.25) is 14.4 Å². The van der Waals surface area contributed by atoms with Crippen LogP contribution in [-0.2, 0) is 14.4 Å². The van der Waals surface area contributed by atoms with Gasteiger partial charge in [0.15, 0.2) is 0 Å². The number of anilines is 1. The van der Waals surface area contributed by atoms with Crippen LogP contribution >= 0.6 is 0 Å². The fraction of sp³-hybridized carbons (Fsp3) is 0.182. The van der Waals surface area contributed by atoms with Crippen molar-refractivity contribution in [1.29, 1.82) is 0 Å². The van der Waals surface area contributed by atoms with Gasteiger partial charge in [0.1, 0.15) is 5.75 Å². The first-order valence-electron chi connectivity index (χ1n) is 5.11. The van der Waals surface area contributed by atoms with E-state index in [-0.39, 0.29) is 12.3 Å². The summed E-state index contributed by atoms with van der Waals surface area (Å²) in [6.07, 6.45) is 0. The number of benzene rings is 1. The number of carbonyl (C=O) groups excluding carboxylic acids is 3. The van der Waals surface area contributed by atoms with Gasteiger partial charge < -0.3 is 21.1 Å². The maximum absolute atomic E-state index is 11.4. The van der Waals surface area contributed by atoms with Gasteiger partial charge in [-0.05, 0) is 24.3 Å². The molecule has 0 fully saturated rings. The maximum atomic E-state index is 11.4. The number of nitrogens with one attached hydrogen (secondary N) is 3. The van der Waals surface area contributed by atoms with Crippen LogP contribution in [0.25, 0.3) is 0 Å². The molecule has 0 radical (unpaired) electrons. The van der Waals surface area contributed by atoms with E-state index in [0.29, 0.717) is 5.69 Å². The Kier molecular flexibility index (Phi) is 4.67. The van der Waals surface area contributed by atoms with Crippen LogP contribution in [0.5, 0.6) is 5.75 Å². The molecule has 4 N–H and O–H groups in total. The van der Waals surface area contributed by atoms with Gasteiger partial charge in [0.2, 0.25) is 5.91 Å². The van der Waals surface area contributed by atoms with E-state index in [1.165, 1.54) is 31.3 Å². The number of hydrogen-bond donors (Lipinski definition) is 4. The summed E-state index contributed by atoms with van der Waals surface area (Å²) in [6, 6.07) is 5.85. The van der Waals surface area contributed by atoms with Gasteiger partial charge in [-0.1, -0.05) is 0 Å². The molecular weight excluding hydrogens is 238 g/mol. The predicted octanol–water partition coefficient (Wildman–Crippen LogP) is -0.807. The van der Waals surface area contributed by atoms with E-state index in [9.17, 15) is 14.4 Å². The standard InChI is InChI=1S/C11H13N3O4/c1-12-10(17)11(18)13-6-9(16)14-7-2-4-8(15)5-3-7/h2-5,15H,6H2,1H3,(H,12,17)(H,13,18)(H,14,16). The van der Waals surface area contributed by atoms with Gasteiger partial charge in [0.25, 0.3) is 0 Å². The van der Waals surface area contributed by atoms with Crippen molar-refractivity contribution < 1.29 is 19.5 Å². The van der Waals surface area contributed by atoms with Crippen molar-refractivity contribution in [3.05, 3.63) is 24.3 Å². The lowest BCUT2D eigenvalue weighted by molar-refractivity contribution is -0.139. The minimum Gasteiger partial charge on any atom is -0.508 e. The van der Waals surface area contributed by atoms with E-state index >= 15 is 0 Å². The van der Waals surface area contributed by atoms with E-state index in [0.717, 1.165) is 0 Å². The molecule has 1 rings (SSSR count). The quantitative estimate of drug-likeness (QED) is 0.416. The van der Waals surface area contributed by atoms with Crippen molar-refractivity contribution in [2.75, 3.05) is 18.9 Å². The normalized spacial score (nSPS) is 9.39. The van der Waals surface area contributed by atoms with Crippen LogP contribution in [0.1, 0.15) is 0 Å². The lowest BCUT2D eigenvalue weighted by atomic mass is 10.3. The van der Waals surface area contributed by atoms with E-state index < -0.39 is 17.7 Å². The summed E-state index contributed by atoms with van der Waals surface area (Å²) in [5.41, 5.74) is 0.479. The highest BCUT2D eigenvalue weighted by Crippen LogP contribution is 2.13. The molecule has 0 aromatic heterocycles. The summed E-state index contributed by atoms with van der Waals surface area (Å²) in [5.74, 6) is -2.08. The van der Waals surface area contributed by atoms with Crippen molar-refractivity contribution in [2.24, 2.45) is 0 Å². The van der Waals surface area contributed by atoms with Crippen LogP contribution in [-0.4, -0.2) is 36.4 Å². The fourth-order valence-electron chi connectivity index (χ4n) is 1.10. The molecule has 0 spiro atoms.